The molecular formula is C16H22N2OS. The molecule has 0 aliphatic carbocycles. The smallest absolute Gasteiger partial charge is 0.123 e. The molecule has 2 aromatic rings. The third-order valence-corrected chi connectivity index (χ3v) is 4.66. The van der Waals surface area contributed by atoms with Crippen molar-refractivity contribution in [3.8, 4) is 5.75 Å². The largest absolute Gasteiger partial charge is 0.496 e. The molecule has 108 valence electrons. The minimum atomic E-state index is 0.217. The van der Waals surface area contributed by atoms with Gasteiger partial charge < -0.3 is 10.1 Å². The van der Waals surface area contributed by atoms with E-state index in [4.69, 9.17) is 4.74 Å². The molecule has 0 spiro atoms. The lowest BCUT2D eigenvalue weighted by molar-refractivity contribution is 0.401. The van der Waals surface area contributed by atoms with Crippen LogP contribution in [-0.4, -0.2) is 19.1 Å². The number of aromatic nitrogens is 1. The van der Waals surface area contributed by atoms with Crippen molar-refractivity contribution in [1.29, 1.82) is 0 Å². The first-order chi connectivity index (χ1) is 9.55. The lowest BCUT2D eigenvalue weighted by atomic mass is 10.0. The van der Waals surface area contributed by atoms with Gasteiger partial charge in [0, 0.05) is 22.9 Å². The number of thiazole rings is 1. The zero-order valence-electron chi connectivity index (χ0n) is 12.8. The molecule has 1 unspecified atom stereocenters. The molecular weight excluding hydrogens is 268 g/mol. The number of methoxy groups -OCH3 is 1. The molecule has 0 radical (unpaired) electrons. The average molecular weight is 290 g/mol. The van der Waals surface area contributed by atoms with E-state index in [1.54, 1.807) is 18.4 Å². The first kappa shape index (κ1) is 15.0. The normalized spacial score (nSPS) is 12.4. The average Bonchev–Trinajstić information content (AvgIpc) is 2.75. The van der Waals surface area contributed by atoms with Gasteiger partial charge in [0.15, 0.2) is 0 Å². The van der Waals surface area contributed by atoms with Gasteiger partial charge in [0.25, 0.3) is 0 Å². The Morgan fingerprint density at radius 2 is 2.05 bits per heavy atom. The second-order valence-electron chi connectivity index (χ2n) is 5.04. The van der Waals surface area contributed by atoms with Gasteiger partial charge in [-0.3, -0.25) is 0 Å². The molecule has 1 aromatic carbocycles. The Balaban J connectivity index is 2.30. The van der Waals surface area contributed by atoms with Crippen LogP contribution in [0.4, 0.5) is 0 Å². The highest BCUT2D eigenvalue weighted by Crippen LogP contribution is 2.30. The van der Waals surface area contributed by atoms with E-state index in [-0.39, 0.29) is 6.04 Å². The second kappa shape index (κ2) is 6.37. The first-order valence-corrected chi connectivity index (χ1v) is 7.61. The molecule has 2 rings (SSSR count). The topological polar surface area (TPSA) is 34.2 Å². The number of likely N-dealkylation sites (N-methyl/N-ethyl adjacent to an activating group) is 1. The molecule has 1 aromatic heterocycles. The van der Waals surface area contributed by atoms with Gasteiger partial charge in [0.05, 0.1) is 17.8 Å². The molecule has 4 heteroatoms. The van der Waals surface area contributed by atoms with E-state index in [1.807, 2.05) is 13.1 Å². The van der Waals surface area contributed by atoms with Gasteiger partial charge in [-0.2, -0.15) is 0 Å². The minimum absolute atomic E-state index is 0.217. The van der Waals surface area contributed by atoms with Gasteiger partial charge >= 0.3 is 0 Å². The minimum Gasteiger partial charge on any atom is -0.496 e. The molecule has 0 saturated carbocycles. The molecule has 0 amide bonds. The number of aryl methyl sites for hydroxylation is 3. The van der Waals surface area contributed by atoms with Crippen molar-refractivity contribution in [2.45, 2.75) is 33.2 Å². The van der Waals surface area contributed by atoms with Crippen molar-refractivity contribution in [1.82, 2.24) is 10.3 Å². The Morgan fingerprint density at radius 3 is 2.60 bits per heavy atom. The van der Waals surface area contributed by atoms with E-state index in [0.717, 1.165) is 17.9 Å². The van der Waals surface area contributed by atoms with Crippen LogP contribution in [0, 0.1) is 20.8 Å². The number of benzene rings is 1. The van der Waals surface area contributed by atoms with Crippen LogP contribution in [0.2, 0.25) is 0 Å². The van der Waals surface area contributed by atoms with Gasteiger partial charge in [-0.15, -0.1) is 11.3 Å². The van der Waals surface area contributed by atoms with E-state index < -0.39 is 0 Å². The summed E-state index contributed by atoms with van der Waals surface area (Å²) in [7, 11) is 3.71. The van der Waals surface area contributed by atoms with Gasteiger partial charge in [-0.25, -0.2) is 4.98 Å². The maximum absolute atomic E-state index is 5.49. The van der Waals surface area contributed by atoms with Gasteiger partial charge in [-0.1, -0.05) is 17.7 Å². The molecule has 0 aliphatic heterocycles. The standard InChI is InChI=1S/C16H22N2OS/c1-10-6-7-15(19-5)13(8-10)14(17-4)9-16-18-11(2)12(3)20-16/h6-8,14,17H,9H2,1-5H3. The third-order valence-electron chi connectivity index (χ3n) is 3.56. The highest BCUT2D eigenvalue weighted by atomic mass is 32.1. The molecule has 0 aliphatic rings. The molecule has 1 heterocycles. The molecule has 0 fully saturated rings. The quantitative estimate of drug-likeness (QED) is 0.914. The van der Waals surface area contributed by atoms with Crippen molar-refractivity contribution in [2.75, 3.05) is 14.2 Å². The van der Waals surface area contributed by atoms with Crippen LogP contribution in [0.5, 0.6) is 5.75 Å². The zero-order chi connectivity index (χ0) is 14.7. The summed E-state index contributed by atoms with van der Waals surface area (Å²) < 4.78 is 5.49. The van der Waals surface area contributed by atoms with E-state index in [2.05, 4.69) is 43.2 Å². The maximum Gasteiger partial charge on any atom is 0.123 e. The number of nitrogens with zero attached hydrogens (tertiary/aromatic N) is 1. The number of hydrogen-bond donors (Lipinski definition) is 1. The fourth-order valence-corrected chi connectivity index (χ4v) is 3.27. The summed E-state index contributed by atoms with van der Waals surface area (Å²) in [5.41, 5.74) is 3.57. The van der Waals surface area contributed by atoms with E-state index in [9.17, 15) is 0 Å². The molecule has 3 nitrogen and oxygen atoms in total. The predicted octanol–water partition coefficient (Wildman–Crippen LogP) is 3.58. The van der Waals surface area contributed by atoms with Crippen LogP contribution in [0.1, 0.15) is 32.7 Å². The molecule has 1 N–H and O–H groups in total. The maximum atomic E-state index is 5.49. The van der Waals surface area contributed by atoms with Crippen molar-refractivity contribution in [3.05, 3.63) is 44.9 Å². The lowest BCUT2D eigenvalue weighted by Crippen LogP contribution is -2.19. The van der Waals surface area contributed by atoms with Crippen LogP contribution in [0.25, 0.3) is 0 Å². The summed E-state index contributed by atoms with van der Waals surface area (Å²) in [6.07, 6.45) is 0.885. The van der Waals surface area contributed by atoms with Gasteiger partial charge in [0.2, 0.25) is 0 Å². The number of ether oxygens (including phenoxy) is 1. The van der Waals surface area contributed by atoms with Crippen LogP contribution in [0.15, 0.2) is 18.2 Å². The summed E-state index contributed by atoms with van der Waals surface area (Å²) in [5.74, 6) is 0.931. The van der Waals surface area contributed by atoms with Gasteiger partial charge in [0.1, 0.15) is 5.75 Å². The lowest BCUT2D eigenvalue weighted by Gasteiger charge is -2.19. The van der Waals surface area contributed by atoms with Crippen LogP contribution in [0.3, 0.4) is 0 Å². The van der Waals surface area contributed by atoms with Crippen molar-refractivity contribution < 1.29 is 4.74 Å². The fourth-order valence-electron chi connectivity index (χ4n) is 2.29. The Labute approximate surface area is 125 Å². The summed E-state index contributed by atoms with van der Waals surface area (Å²) in [6.45, 7) is 6.29. The zero-order valence-corrected chi connectivity index (χ0v) is 13.6. The monoisotopic (exact) mass is 290 g/mol. The van der Waals surface area contributed by atoms with Crippen LogP contribution < -0.4 is 10.1 Å². The SMILES string of the molecule is CNC(Cc1nc(C)c(C)s1)c1cc(C)ccc1OC. The van der Waals surface area contributed by atoms with Crippen molar-refractivity contribution in [3.63, 3.8) is 0 Å². The Morgan fingerprint density at radius 1 is 1.30 bits per heavy atom. The number of hydrogen-bond acceptors (Lipinski definition) is 4. The molecule has 0 bridgehead atoms. The van der Waals surface area contributed by atoms with Gasteiger partial charge in [-0.05, 0) is 33.9 Å². The summed E-state index contributed by atoms with van der Waals surface area (Å²) in [4.78, 5) is 5.94. The summed E-state index contributed by atoms with van der Waals surface area (Å²) >= 11 is 1.78. The fraction of sp³-hybridized carbons (Fsp3) is 0.438. The van der Waals surface area contributed by atoms with Crippen LogP contribution >= 0.6 is 11.3 Å². The van der Waals surface area contributed by atoms with Crippen molar-refractivity contribution in [2.24, 2.45) is 0 Å². The first-order valence-electron chi connectivity index (χ1n) is 6.80. The molecule has 1 atom stereocenters. The van der Waals surface area contributed by atoms with Crippen molar-refractivity contribution >= 4 is 11.3 Å². The second-order valence-corrected chi connectivity index (χ2v) is 6.33. The Kier molecular flexibility index (Phi) is 4.78. The molecule has 0 saturated heterocycles. The van der Waals surface area contributed by atoms with E-state index in [1.165, 1.54) is 21.0 Å². The van der Waals surface area contributed by atoms with E-state index in [0.29, 0.717) is 0 Å². The Hall–Kier alpha value is -1.39. The highest BCUT2D eigenvalue weighted by Gasteiger charge is 2.17. The summed E-state index contributed by atoms with van der Waals surface area (Å²) in [5, 5.41) is 4.55. The third kappa shape index (κ3) is 3.19. The predicted molar refractivity (Wildman–Crippen MR) is 84.8 cm³/mol. The summed E-state index contributed by atoms with van der Waals surface area (Å²) in [6, 6.07) is 6.52. The number of nitrogens with one attached hydrogen (secondary N) is 1. The van der Waals surface area contributed by atoms with E-state index >= 15 is 0 Å². The van der Waals surface area contributed by atoms with Crippen LogP contribution in [-0.2, 0) is 6.42 Å². The molecule has 20 heavy (non-hydrogen) atoms. The highest BCUT2D eigenvalue weighted by molar-refractivity contribution is 7.11. The number of rotatable bonds is 5. The Bertz CT molecular complexity index is 573.